The van der Waals surface area contributed by atoms with E-state index in [2.05, 4.69) is 24.0 Å². The summed E-state index contributed by atoms with van der Waals surface area (Å²) in [6.45, 7) is 2.96. The Bertz CT molecular complexity index is 481. The molecule has 0 saturated heterocycles. The second-order valence-electron chi connectivity index (χ2n) is 6.03. The average molecular weight is 259 g/mol. The molecule has 102 valence electrons. The van der Waals surface area contributed by atoms with Crippen molar-refractivity contribution >= 4 is 5.97 Å². The summed E-state index contributed by atoms with van der Waals surface area (Å²) in [6, 6.07) is 8.24. The third-order valence-corrected chi connectivity index (χ3v) is 4.51. The Morgan fingerprint density at radius 3 is 2.68 bits per heavy atom. The van der Waals surface area contributed by atoms with E-state index in [4.69, 9.17) is 0 Å². The van der Waals surface area contributed by atoms with Crippen LogP contribution in [0.15, 0.2) is 24.3 Å². The molecule has 1 aliphatic heterocycles. The van der Waals surface area contributed by atoms with Crippen LogP contribution in [0, 0.1) is 5.92 Å². The van der Waals surface area contributed by atoms with Gasteiger partial charge in [0, 0.05) is 12.6 Å². The van der Waals surface area contributed by atoms with Crippen LogP contribution in [0.4, 0.5) is 0 Å². The summed E-state index contributed by atoms with van der Waals surface area (Å²) in [5.41, 5.74) is 2.49. The summed E-state index contributed by atoms with van der Waals surface area (Å²) < 4.78 is 0. The average Bonchev–Trinajstić information content (AvgIpc) is 3.21. The molecule has 19 heavy (non-hydrogen) atoms. The van der Waals surface area contributed by atoms with Crippen molar-refractivity contribution in [3.63, 3.8) is 0 Å². The predicted octanol–water partition coefficient (Wildman–Crippen LogP) is 2.69. The highest BCUT2D eigenvalue weighted by Crippen LogP contribution is 2.36. The van der Waals surface area contributed by atoms with Gasteiger partial charge in [-0.05, 0) is 36.8 Å². The molecule has 1 aliphatic carbocycles. The first kappa shape index (κ1) is 12.7. The highest BCUT2D eigenvalue weighted by Gasteiger charge is 2.36. The van der Waals surface area contributed by atoms with Gasteiger partial charge in [-0.3, -0.25) is 9.69 Å². The van der Waals surface area contributed by atoms with E-state index in [0.717, 1.165) is 18.9 Å². The maximum atomic E-state index is 11.5. The first-order valence-electron chi connectivity index (χ1n) is 7.20. The molecule has 2 atom stereocenters. The van der Waals surface area contributed by atoms with Gasteiger partial charge < -0.3 is 5.11 Å². The largest absolute Gasteiger partial charge is 0.480 e. The zero-order valence-electron chi connectivity index (χ0n) is 11.4. The molecule has 0 aromatic heterocycles. The van der Waals surface area contributed by atoms with Gasteiger partial charge in [0.25, 0.3) is 0 Å². The van der Waals surface area contributed by atoms with Gasteiger partial charge >= 0.3 is 5.97 Å². The molecule has 0 spiro atoms. The number of carboxylic acids is 1. The van der Waals surface area contributed by atoms with E-state index in [1.807, 2.05) is 12.1 Å². The van der Waals surface area contributed by atoms with Gasteiger partial charge in [0.1, 0.15) is 6.04 Å². The molecule has 0 bridgehead atoms. The van der Waals surface area contributed by atoms with Crippen molar-refractivity contribution in [3.05, 3.63) is 35.4 Å². The van der Waals surface area contributed by atoms with Crippen LogP contribution in [-0.4, -0.2) is 28.1 Å². The molecule has 1 heterocycles. The van der Waals surface area contributed by atoms with Gasteiger partial charge in [0.15, 0.2) is 0 Å². The number of carboxylic acid groups (broad SMARTS) is 1. The lowest BCUT2D eigenvalue weighted by Gasteiger charge is -2.38. The van der Waals surface area contributed by atoms with Crippen molar-refractivity contribution < 1.29 is 9.90 Å². The molecule has 2 unspecified atom stereocenters. The van der Waals surface area contributed by atoms with Crippen LogP contribution in [0.3, 0.4) is 0 Å². The molecule has 1 aromatic rings. The predicted molar refractivity (Wildman–Crippen MR) is 73.9 cm³/mol. The van der Waals surface area contributed by atoms with Crippen molar-refractivity contribution in [1.82, 2.24) is 4.90 Å². The molecule has 0 amide bonds. The van der Waals surface area contributed by atoms with Crippen molar-refractivity contribution in [2.45, 2.75) is 51.2 Å². The summed E-state index contributed by atoms with van der Waals surface area (Å²) >= 11 is 0. The van der Waals surface area contributed by atoms with Crippen LogP contribution in [0.1, 0.15) is 37.3 Å². The normalized spacial score (nSPS) is 24.8. The van der Waals surface area contributed by atoms with E-state index >= 15 is 0 Å². The maximum Gasteiger partial charge on any atom is 0.321 e. The lowest BCUT2D eigenvalue weighted by atomic mass is 9.92. The Balaban J connectivity index is 1.82. The molecule has 2 aliphatic rings. The van der Waals surface area contributed by atoms with Crippen LogP contribution in [0.25, 0.3) is 0 Å². The van der Waals surface area contributed by atoms with Crippen LogP contribution < -0.4 is 0 Å². The number of hydrogen-bond donors (Lipinski definition) is 1. The molecule has 3 heteroatoms. The fraction of sp³-hybridized carbons (Fsp3) is 0.562. The van der Waals surface area contributed by atoms with Gasteiger partial charge in [0.2, 0.25) is 0 Å². The second kappa shape index (κ2) is 4.97. The number of hydrogen-bond acceptors (Lipinski definition) is 2. The van der Waals surface area contributed by atoms with E-state index in [1.165, 1.54) is 24.0 Å². The first-order chi connectivity index (χ1) is 9.15. The van der Waals surface area contributed by atoms with Gasteiger partial charge in [-0.15, -0.1) is 0 Å². The first-order valence-corrected chi connectivity index (χ1v) is 7.20. The highest BCUT2D eigenvalue weighted by atomic mass is 16.4. The lowest BCUT2D eigenvalue weighted by Crippen LogP contribution is -2.49. The highest BCUT2D eigenvalue weighted by molar-refractivity contribution is 5.74. The number of carbonyl (C=O) groups is 1. The number of rotatable bonds is 4. The monoisotopic (exact) mass is 259 g/mol. The number of benzene rings is 1. The second-order valence-corrected chi connectivity index (χ2v) is 6.03. The van der Waals surface area contributed by atoms with Gasteiger partial charge in [0.05, 0.1) is 0 Å². The van der Waals surface area contributed by atoms with Crippen LogP contribution in [0.2, 0.25) is 0 Å². The SMILES string of the molecule is CC(CC1CC1)N1Cc2ccccc2CC1C(=O)O. The Hall–Kier alpha value is -1.35. The summed E-state index contributed by atoms with van der Waals surface area (Å²) in [4.78, 5) is 13.7. The van der Waals surface area contributed by atoms with Crippen molar-refractivity contribution in [3.8, 4) is 0 Å². The fourth-order valence-electron chi connectivity index (χ4n) is 3.21. The molecule has 0 radical (unpaired) electrons. The van der Waals surface area contributed by atoms with Crippen LogP contribution in [-0.2, 0) is 17.8 Å². The van der Waals surface area contributed by atoms with Gasteiger partial charge in [-0.1, -0.05) is 37.1 Å². The van der Waals surface area contributed by atoms with E-state index in [9.17, 15) is 9.90 Å². The number of nitrogens with zero attached hydrogens (tertiary/aromatic N) is 1. The zero-order valence-corrected chi connectivity index (χ0v) is 11.4. The lowest BCUT2D eigenvalue weighted by molar-refractivity contribution is -0.145. The number of aliphatic carboxylic acids is 1. The number of fused-ring (bicyclic) bond motifs is 1. The minimum absolute atomic E-state index is 0.358. The molecule has 1 saturated carbocycles. The third kappa shape index (κ3) is 2.66. The molecular weight excluding hydrogens is 238 g/mol. The van der Waals surface area contributed by atoms with E-state index in [0.29, 0.717) is 12.5 Å². The summed E-state index contributed by atoms with van der Waals surface area (Å²) in [5, 5.41) is 9.49. The van der Waals surface area contributed by atoms with Crippen molar-refractivity contribution in [2.75, 3.05) is 0 Å². The Morgan fingerprint density at radius 1 is 1.37 bits per heavy atom. The minimum Gasteiger partial charge on any atom is -0.480 e. The van der Waals surface area contributed by atoms with Crippen LogP contribution in [0.5, 0.6) is 0 Å². The molecule has 1 fully saturated rings. The van der Waals surface area contributed by atoms with E-state index in [-0.39, 0.29) is 6.04 Å². The standard InChI is InChI=1S/C16H21NO2/c1-11(8-12-6-7-12)17-10-14-5-3-2-4-13(14)9-15(17)16(18)19/h2-5,11-12,15H,6-10H2,1H3,(H,18,19). The van der Waals surface area contributed by atoms with Crippen molar-refractivity contribution in [1.29, 1.82) is 0 Å². The molecule has 3 nitrogen and oxygen atoms in total. The fourth-order valence-corrected chi connectivity index (χ4v) is 3.21. The Morgan fingerprint density at radius 2 is 2.05 bits per heavy atom. The quantitative estimate of drug-likeness (QED) is 0.903. The summed E-state index contributed by atoms with van der Waals surface area (Å²) in [7, 11) is 0. The topological polar surface area (TPSA) is 40.5 Å². The molecule has 3 rings (SSSR count). The zero-order chi connectivity index (χ0) is 13.4. The van der Waals surface area contributed by atoms with Crippen molar-refractivity contribution in [2.24, 2.45) is 5.92 Å². The van der Waals surface area contributed by atoms with Gasteiger partial charge in [-0.25, -0.2) is 0 Å². The third-order valence-electron chi connectivity index (χ3n) is 4.51. The summed E-state index contributed by atoms with van der Waals surface area (Å²) in [5.74, 6) is 0.152. The Kier molecular flexibility index (Phi) is 3.31. The van der Waals surface area contributed by atoms with E-state index in [1.54, 1.807) is 0 Å². The maximum absolute atomic E-state index is 11.5. The Labute approximate surface area is 114 Å². The van der Waals surface area contributed by atoms with Gasteiger partial charge in [-0.2, -0.15) is 0 Å². The minimum atomic E-state index is -0.683. The smallest absolute Gasteiger partial charge is 0.321 e. The van der Waals surface area contributed by atoms with Crippen LogP contribution >= 0.6 is 0 Å². The summed E-state index contributed by atoms with van der Waals surface area (Å²) in [6.07, 6.45) is 4.44. The molecule has 1 aromatic carbocycles. The molecule has 1 N–H and O–H groups in total. The van der Waals surface area contributed by atoms with E-state index < -0.39 is 5.97 Å². The molecular formula is C16H21NO2.